The van der Waals surface area contributed by atoms with Crippen LogP contribution in [0.2, 0.25) is 10.0 Å². The zero-order valence-corrected chi connectivity index (χ0v) is 25.0. The van der Waals surface area contributed by atoms with Crippen LogP contribution in [0.15, 0.2) is 58.4 Å². The van der Waals surface area contributed by atoms with Crippen molar-refractivity contribution in [3.8, 4) is 22.9 Å². The summed E-state index contributed by atoms with van der Waals surface area (Å²) in [5.41, 5.74) is 3.40. The first-order valence-corrected chi connectivity index (χ1v) is 14.0. The number of carbonyl (C=O) groups is 1. The average molecular weight is 597 g/mol. The highest BCUT2D eigenvalue weighted by atomic mass is 35.5. The monoisotopic (exact) mass is 595 g/mol. The van der Waals surface area contributed by atoms with Crippen LogP contribution in [0.1, 0.15) is 50.3 Å². The molecule has 0 bridgehead atoms. The molecule has 1 aromatic heterocycles. The number of hydrogen-bond donors (Lipinski definition) is 0. The Morgan fingerprint density at radius 2 is 1.76 bits per heavy atom. The number of halogens is 2. The highest BCUT2D eigenvalue weighted by molar-refractivity contribution is 6.37. The van der Waals surface area contributed by atoms with Gasteiger partial charge in [-0.3, -0.25) is 4.79 Å². The molecule has 1 heterocycles. The van der Waals surface area contributed by atoms with E-state index in [4.69, 9.17) is 42.4 Å². The van der Waals surface area contributed by atoms with Gasteiger partial charge in [-0.25, -0.2) is 9.78 Å². The minimum absolute atomic E-state index is 0.148. The summed E-state index contributed by atoms with van der Waals surface area (Å²) in [4.78, 5) is 30.2. The normalized spacial score (nSPS) is 11.4. The predicted octanol–water partition coefficient (Wildman–Crippen LogP) is 7.02. The maximum absolute atomic E-state index is 13.7. The number of aryl methyl sites for hydroxylation is 1. The molecule has 10 heteroatoms. The maximum Gasteiger partial charge on any atom is 0.344 e. The molecular formula is C31H31Cl2N3O5. The number of nitrogens with zero attached hydrogens (tertiary/aromatic N) is 3. The molecule has 0 unspecified atom stereocenters. The number of hydrogen-bond acceptors (Lipinski definition) is 7. The molecule has 0 fully saturated rings. The van der Waals surface area contributed by atoms with E-state index in [9.17, 15) is 9.59 Å². The number of para-hydroxylation sites is 1. The third-order valence-corrected chi connectivity index (χ3v) is 6.82. The van der Waals surface area contributed by atoms with E-state index >= 15 is 0 Å². The number of rotatable bonds is 10. The van der Waals surface area contributed by atoms with Crippen LogP contribution in [0.3, 0.4) is 0 Å². The fraction of sp³-hybridized carbons (Fsp3) is 0.290. The molecule has 4 rings (SSSR count). The van der Waals surface area contributed by atoms with Gasteiger partial charge < -0.3 is 14.2 Å². The molecule has 3 aromatic carbocycles. The zero-order chi connectivity index (χ0) is 29.7. The molecule has 0 spiro atoms. The molecule has 8 nitrogen and oxygen atoms in total. The van der Waals surface area contributed by atoms with Crippen molar-refractivity contribution in [2.75, 3.05) is 19.8 Å². The van der Waals surface area contributed by atoms with Crippen LogP contribution in [0.5, 0.6) is 11.5 Å². The SMILES string of the molecule is CCOC(=O)COc1c(Cl)cc(C=Nn2c(-c3cc(C(C)C)c(OCC)cc3C)nc3ccccc3c2=O)cc1Cl. The molecule has 0 saturated heterocycles. The summed E-state index contributed by atoms with van der Waals surface area (Å²) < 4.78 is 17.5. The van der Waals surface area contributed by atoms with Crippen molar-refractivity contribution in [3.05, 3.63) is 85.6 Å². The Morgan fingerprint density at radius 1 is 1.05 bits per heavy atom. The Labute approximate surface area is 248 Å². The first kappa shape index (κ1) is 30.1. The highest BCUT2D eigenvalue weighted by Gasteiger charge is 2.19. The lowest BCUT2D eigenvalue weighted by molar-refractivity contribution is -0.145. The van der Waals surface area contributed by atoms with Gasteiger partial charge in [0.05, 0.1) is 40.4 Å². The van der Waals surface area contributed by atoms with E-state index in [1.807, 2.05) is 32.0 Å². The van der Waals surface area contributed by atoms with Crippen molar-refractivity contribution < 1.29 is 19.0 Å². The molecule has 0 aliphatic carbocycles. The fourth-order valence-electron chi connectivity index (χ4n) is 4.33. The Morgan fingerprint density at radius 3 is 2.41 bits per heavy atom. The Bertz CT molecular complexity index is 1660. The second-order valence-electron chi connectivity index (χ2n) is 9.51. The molecule has 4 aromatic rings. The van der Waals surface area contributed by atoms with Gasteiger partial charge >= 0.3 is 5.97 Å². The summed E-state index contributed by atoms with van der Waals surface area (Å²) >= 11 is 12.8. The molecule has 214 valence electrons. The smallest absolute Gasteiger partial charge is 0.344 e. The Kier molecular flexibility index (Phi) is 9.68. The zero-order valence-electron chi connectivity index (χ0n) is 23.5. The molecule has 0 saturated carbocycles. The third kappa shape index (κ3) is 6.72. The summed E-state index contributed by atoms with van der Waals surface area (Å²) in [6, 6.07) is 14.3. The molecule has 0 radical (unpaired) electrons. The van der Waals surface area contributed by atoms with Crippen LogP contribution >= 0.6 is 23.2 Å². The minimum Gasteiger partial charge on any atom is -0.494 e. The van der Waals surface area contributed by atoms with E-state index in [0.717, 1.165) is 22.4 Å². The highest BCUT2D eigenvalue weighted by Crippen LogP contribution is 2.35. The van der Waals surface area contributed by atoms with Crippen LogP contribution in [-0.4, -0.2) is 41.7 Å². The Hall–Kier alpha value is -3.88. The largest absolute Gasteiger partial charge is 0.494 e. The van der Waals surface area contributed by atoms with E-state index in [1.54, 1.807) is 37.3 Å². The molecule has 0 aliphatic rings. The molecule has 0 atom stereocenters. The van der Waals surface area contributed by atoms with Gasteiger partial charge in [-0.2, -0.15) is 9.78 Å². The fourth-order valence-corrected chi connectivity index (χ4v) is 4.94. The summed E-state index contributed by atoms with van der Waals surface area (Å²) in [6.45, 7) is 10.2. The lowest BCUT2D eigenvalue weighted by atomic mass is 9.96. The van der Waals surface area contributed by atoms with Crippen LogP contribution in [0.4, 0.5) is 0 Å². The second-order valence-corrected chi connectivity index (χ2v) is 10.3. The Balaban J connectivity index is 1.82. The maximum atomic E-state index is 13.7. The molecule has 41 heavy (non-hydrogen) atoms. The number of fused-ring (bicyclic) bond motifs is 1. The topological polar surface area (TPSA) is 92.0 Å². The number of aromatic nitrogens is 2. The predicted molar refractivity (Wildman–Crippen MR) is 163 cm³/mol. The van der Waals surface area contributed by atoms with Gasteiger partial charge in [0.25, 0.3) is 5.56 Å². The van der Waals surface area contributed by atoms with Crippen molar-refractivity contribution >= 4 is 46.3 Å². The molecule has 0 amide bonds. The van der Waals surface area contributed by atoms with Crippen LogP contribution in [0.25, 0.3) is 22.3 Å². The first-order valence-electron chi connectivity index (χ1n) is 13.3. The molecular weight excluding hydrogens is 565 g/mol. The molecule has 0 aliphatic heterocycles. The van der Waals surface area contributed by atoms with Gasteiger partial charge in [0.15, 0.2) is 18.2 Å². The minimum atomic E-state index is -0.536. The average Bonchev–Trinajstić information content (AvgIpc) is 2.92. The summed E-state index contributed by atoms with van der Waals surface area (Å²) in [5, 5.41) is 5.33. The van der Waals surface area contributed by atoms with Gasteiger partial charge in [0.2, 0.25) is 0 Å². The summed E-state index contributed by atoms with van der Waals surface area (Å²) in [7, 11) is 0. The van der Waals surface area contributed by atoms with E-state index in [2.05, 4.69) is 18.9 Å². The summed E-state index contributed by atoms with van der Waals surface area (Å²) in [6.07, 6.45) is 1.47. The van der Waals surface area contributed by atoms with Crippen molar-refractivity contribution in [3.63, 3.8) is 0 Å². The number of ether oxygens (including phenoxy) is 3. The lowest BCUT2D eigenvalue weighted by Crippen LogP contribution is -2.21. The van der Waals surface area contributed by atoms with Crippen molar-refractivity contribution in [1.82, 2.24) is 9.66 Å². The van der Waals surface area contributed by atoms with Crippen LogP contribution in [0, 0.1) is 6.92 Å². The van der Waals surface area contributed by atoms with Crippen LogP contribution in [-0.2, 0) is 9.53 Å². The second kappa shape index (κ2) is 13.2. The van der Waals surface area contributed by atoms with Gasteiger partial charge in [0.1, 0.15) is 5.75 Å². The quantitative estimate of drug-likeness (QED) is 0.144. The third-order valence-electron chi connectivity index (χ3n) is 6.26. The molecule has 0 N–H and O–H groups in total. The van der Waals surface area contributed by atoms with Gasteiger partial charge in [-0.15, -0.1) is 0 Å². The summed E-state index contributed by atoms with van der Waals surface area (Å²) in [5.74, 6) is 0.977. The van der Waals surface area contributed by atoms with Crippen molar-refractivity contribution in [2.45, 2.75) is 40.5 Å². The van der Waals surface area contributed by atoms with Crippen molar-refractivity contribution in [2.24, 2.45) is 5.10 Å². The van der Waals surface area contributed by atoms with Crippen LogP contribution < -0.4 is 15.0 Å². The van der Waals surface area contributed by atoms with E-state index in [-0.39, 0.29) is 40.5 Å². The number of benzene rings is 3. The lowest BCUT2D eigenvalue weighted by Gasteiger charge is -2.18. The van der Waals surface area contributed by atoms with Gasteiger partial charge in [0, 0.05) is 5.56 Å². The number of carbonyl (C=O) groups excluding carboxylic acids is 1. The van der Waals surface area contributed by atoms with E-state index < -0.39 is 5.97 Å². The number of esters is 1. The van der Waals surface area contributed by atoms with Crippen molar-refractivity contribution in [1.29, 1.82) is 0 Å². The van der Waals surface area contributed by atoms with Gasteiger partial charge in [-0.1, -0.05) is 49.2 Å². The standard InChI is InChI=1S/C31H31Cl2N3O5/c1-6-39-27-12-19(5)23(15-22(27)18(3)4)30-35-26-11-9-8-10-21(26)31(38)36(30)34-16-20-13-24(32)29(25(33)14-20)41-17-28(37)40-7-2/h8-16,18H,6-7,17H2,1-5H3. The first-order chi connectivity index (χ1) is 19.6. The van der Waals surface area contributed by atoms with E-state index in [0.29, 0.717) is 28.9 Å². The van der Waals surface area contributed by atoms with E-state index in [1.165, 1.54) is 10.9 Å². The van der Waals surface area contributed by atoms with Gasteiger partial charge in [-0.05, 0) is 79.8 Å².